The van der Waals surface area contributed by atoms with E-state index >= 15 is 0 Å². The molecular weight excluding hydrogens is 284 g/mol. The molecule has 2 atom stereocenters. The zero-order valence-electron chi connectivity index (χ0n) is 13.7. The third-order valence-electron chi connectivity index (χ3n) is 4.09. The monoisotopic (exact) mass is 312 g/mol. The van der Waals surface area contributed by atoms with Crippen molar-refractivity contribution in [2.45, 2.75) is 77.5 Å². The minimum absolute atomic E-state index is 0.0806. The summed E-state index contributed by atoms with van der Waals surface area (Å²) in [6, 6.07) is 2.04. The summed E-state index contributed by atoms with van der Waals surface area (Å²) in [4.78, 5) is 11.1. The van der Waals surface area contributed by atoms with Crippen molar-refractivity contribution in [1.82, 2.24) is 9.78 Å². The van der Waals surface area contributed by atoms with Gasteiger partial charge >= 0.3 is 5.97 Å². The van der Waals surface area contributed by atoms with Gasteiger partial charge in [-0.25, -0.2) is 4.79 Å². The molecular formula is C16H28N2O4. The Bertz CT molecular complexity index is 486. The average Bonchev–Trinajstić information content (AvgIpc) is 2.79. The molecule has 6 heteroatoms. The number of carbonyl (C=O) groups is 1. The van der Waals surface area contributed by atoms with Crippen LogP contribution in [0.15, 0.2) is 6.07 Å². The molecule has 0 spiro atoms. The summed E-state index contributed by atoms with van der Waals surface area (Å²) in [5, 5.41) is 33.2. The van der Waals surface area contributed by atoms with E-state index in [1.807, 2.05) is 24.6 Å². The standard InChI is InChI=1S/C16H28N2O4/c1-4-14(19)16(22,15(20)21)9-7-5-6-8-10-18-13(3)11-12(2)17-18/h11,14,19,22H,4-10H2,1-3H3,(H,20,21). The molecule has 1 heterocycles. The molecule has 6 nitrogen and oxygen atoms in total. The molecule has 0 bridgehead atoms. The van der Waals surface area contributed by atoms with Crippen LogP contribution in [-0.2, 0) is 11.3 Å². The maximum Gasteiger partial charge on any atom is 0.338 e. The van der Waals surface area contributed by atoms with Crippen molar-refractivity contribution in [3.63, 3.8) is 0 Å². The summed E-state index contributed by atoms with van der Waals surface area (Å²) in [5.74, 6) is -1.34. The number of aliphatic hydroxyl groups excluding tert-OH is 1. The van der Waals surface area contributed by atoms with Crippen LogP contribution in [0.2, 0.25) is 0 Å². The van der Waals surface area contributed by atoms with Crippen molar-refractivity contribution in [3.8, 4) is 0 Å². The van der Waals surface area contributed by atoms with Gasteiger partial charge in [-0.1, -0.05) is 19.8 Å². The number of unbranched alkanes of at least 4 members (excludes halogenated alkanes) is 3. The predicted octanol–water partition coefficient (Wildman–Crippen LogP) is 2.04. The third-order valence-corrected chi connectivity index (χ3v) is 4.09. The highest BCUT2D eigenvalue weighted by atomic mass is 16.4. The second kappa shape index (κ2) is 8.29. The van der Waals surface area contributed by atoms with Crippen LogP contribution in [0.5, 0.6) is 0 Å². The number of hydrogen-bond donors (Lipinski definition) is 3. The second-order valence-electron chi connectivity index (χ2n) is 5.97. The van der Waals surface area contributed by atoms with Gasteiger partial charge < -0.3 is 15.3 Å². The molecule has 2 unspecified atom stereocenters. The van der Waals surface area contributed by atoms with E-state index < -0.39 is 17.7 Å². The molecule has 0 radical (unpaired) electrons. The minimum atomic E-state index is -2.02. The largest absolute Gasteiger partial charge is 0.479 e. The Morgan fingerprint density at radius 1 is 1.32 bits per heavy atom. The van der Waals surface area contributed by atoms with Crippen LogP contribution in [0, 0.1) is 13.8 Å². The Balaban J connectivity index is 2.29. The van der Waals surface area contributed by atoms with E-state index in [1.165, 1.54) is 0 Å². The van der Waals surface area contributed by atoms with Crippen LogP contribution in [0.25, 0.3) is 0 Å². The first-order valence-corrected chi connectivity index (χ1v) is 7.96. The van der Waals surface area contributed by atoms with Crippen LogP contribution < -0.4 is 0 Å². The van der Waals surface area contributed by atoms with E-state index in [4.69, 9.17) is 5.11 Å². The molecule has 3 N–H and O–H groups in total. The maximum absolute atomic E-state index is 11.1. The molecule has 126 valence electrons. The predicted molar refractivity (Wildman–Crippen MR) is 83.7 cm³/mol. The highest BCUT2D eigenvalue weighted by Crippen LogP contribution is 2.22. The molecule has 1 aromatic heterocycles. The topological polar surface area (TPSA) is 95.6 Å². The quantitative estimate of drug-likeness (QED) is 0.575. The van der Waals surface area contributed by atoms with Gasteiger partial charge in [0.2, 0.25) is 0 Å². The van der Waals surface area contributed by atoms with Gasteiger partial charge in [-0.15, -0.1) is 0 Å². The summed E-state index contributed by atoms with van der Waals surface area (Å²) in [6.07, 6.45) is 2.39. The first kappa shape index (κ1) is 18.6. The second-order valence-corrected chi connectivity index (χ2v) is 5.97. The van der Waals surface area contributed by atoms with Crippen molar-refractivity contribution in [2.24, 2.45) is 0 Å². The normalized spacial score (nSPS) is 15.5. The van der Waals surface area contributed by atoms with Gasteiger partial charge in [0.15, 0.2) is 5.60 Å². The number of aromatic nitrogens is 2. The first-order valence-electron chi connectivity index (χ1n) is 7.96. The fourth-order valence-electron chi connectivity index (χ4n) is 2.66. The van der Waals surface area contributed by atoms with E-state index in [-0.39, 0.29) is 12.8 Å². The van der Waals surface area contributed by atoms with Gasteiger partial charge in [0, 0.05) is 12.2 Å². The van der Waals surface area contributed by atoms with Crippen LogP contribution in [-0.4, -0.2) is 42.8 Å². The van der Waals surface area contributed by atoms with Gasteiger partial charge in [-0.05, 0) is 45.6 Å². The molecule has 0 saturated carbocycles. The summed E-state index contributed by atoms with van der Waals surface area (Å²) < 4.78 is 1.98. The summed E-state index contributed by atoms with van der Waals surface area (Å²) in [6.45, 7) is 6.50. The van der Waals surface area contributed by atoms with Crippen LogP contribution >= 0.6 is 0 Å². The first-order chi connectivity index (χ1) is 10.3. The SMILES string of the molecule is CCC(O)C(O)(CCCCCCn1nc(C)cc1C)C(=O)O. The molecule has 0 aromatic carbocycles. The van der Waals surface area contributed by atoms with Crippen LogP contribution in [0.4, 0.5) is 0 Å². The van der Waals surface area contributed by atoms with Gasteiger partial charge in [0.05, 0.1) is 11.8 Å². The molecule has 1 rings (SSSR count). The lowest BCUT2D eigenvalue weighted by molar-refractivity contribution is -0.173. The number of aliphatic carboxylic acids is 1. The van der Waals surface area contributed by atoms with Gasteiger partial charge in [0.25, 0.3) is 0 Å². The number of carboxylic acids is 1. The lowest BCUT2D eigenvalue weighted by atomic mass is 9.88. The highest BCUT2D eigenvalue weighted by molar-refractivity contribution is 5.77. The summed E-state index contributed by atoms with van der Waals surface area (Å²) in [7, 11) is 0. The molecule has 0 aliphatic heterocycles. The molecule has 0 aliphatic carbocycles. The number of aliphatic hydroxyl groups is 2. The molecule has 22 heavy (non-hydrogen) atoms. The smallest absolute Gasteiger partial charge is 0.338 e. The lowest BCUT2D eigenvalue weighted by Crippen LogP contribution is -2.49. The fraction of sp³-hybridized carbons (Fsp3) is 0.750. The van der Waals surface area contributed by atoms with Crippen molar-refractivity contribution < 1.29 is 20.1 Å². The van der Waals surface area contributed by atoms with E-state index in [1.54, 1.807) is 6.92 Å². The Kier molecular flexibility index (Phi) is 7.03. The Morgan fingerprint density at radius 2 is 1.95 bits per heavy atom. The number of nitrogens with zero attached hydrogens (tertiary/aromatic N) is 2. The number of rotatable bonds is 10. The minimum Gasteiger partial charge on any atom is -0.479 e. The molecule has 1 aromatic rings. The Hall–Kier alpha value is -1.40. The fourth-order valence-corrected chi connectivity index (χ4v) is 2.66. The van der Waals surface area contributed by atoms with Crippen molar-refractivity contribution in [1.29, 1.82) is 0 Å². The number of aryl methyl sites for hydroxylation is 3. The summed E-state index contributed by atoms with van der Waals surface area (Å²) >= 11 is 0. The van der Waals surface area contributed by atoms with Crippen LogP contribution in [0.1, 0.15) is 56.8 Å². The van der Waals surface area contributed by atoms with Crippen LogP contribution in [0.3, 0.4) is 0 Å². The van der Waals surface area contributed by atoms with Gasteiger partial charge in [0.1, 0.15) is 0 Å². The number of hydrogen-bond acceptors (Lipinski definition) is 4. The molecule has 0 fully saturated rings. The zero-order valence-corrected chi connectivity index (χ0v) is 13.7. The van der Waals surface area contributed by atoms with E-state index in [0.29, 0.717) is 6.42 Å². The van der Waals surface area contributed by atoms with E-state index in [2.05, 4.69) is 5.10 Å². The Labute approximate surface area is 131 Å². The molecule has 0 aliphatic rings. The van der Waals surface area contributed by atoms with E-state index in [0.717, 1.165) is 37.2 Å². The zero-order chi connectivity index (χ0) is 16.8. The lowest BCUT2D eigenvalue weighted by Gasteiger charge is -2.28. The van der Waals surface area contributed by atoms with Gasteiger partial charge in [-0.2, -0.15) is 5.10 Å². The third kappa shape index (κ3) is 4.81. The van der Waals surface area contributed by atoms with Crippen molar-refractivity contribution >= 4 is 5.97 Å². The highest BCUT2D eigenvalue weighted by Gasteiger charge is 2.41. The average molecular weight is 312 g/mol. The molecule has 0 saturated heterocycles. The van der Waals surface area contributed by atoms with Crippen molar-refractivity contribution in [2.75, 3.05) is 0 Å². The maximum atomic E-state index is 11.1. The molecule has 0 amide bonds. The van der Waals surface area contributed by atoms with Gasteiger partial charge in [-0.3, -0.25) is 4.68 Å². The Morgan fingerprint density at radius 3 is 2.45 bits per heavy atom. The summed E-state index contributed by atoms with van der Waals surface area (Å²) in [5.41, 5.74) is 0.131. The van der Waals surface area contributed by atoms with Crippen molar-refractivity contribution in [3.05, 3.63) is 17.5 Å². The van der Waals surface area contributed by atoms with E-state index in [9.17, 15) is 15.0 Å². The number of carboxylic acid groups (broad SMARTS) is 1.